The molecule has 0 bridgehead atoms. The molecule has 3 aromatic rings. The van der Waals surface area contributed by atoms with Gasteiger partial charge in [-0.1, -0.05) is 0 Å². The first-order chi connectivity index (χ1) is 12.9. The van der Waals surface area contributed by atoms with Gasteiger partial charge in [-0.3, -0.25) is 14.9 Å². The van der Waals surface area contributed by atoms with Crippen LogP contribution in [0.4, 0.5) is 11.4 Å². The van der Waals surface area contributed by atoms with E-state index in [2.05, 4.69) is 15.2 Å². The molecule has 0 spiro atoms. The molecule has 0 aliphatic heterocycles. The van der Waals surface area contributed by atoms with Crippen LogP contribution in [-0.2, 0) is 0 Å². The van der Waals surface area contributed by atoms with Crippen molar-refractivity contribution in [3.05, 3.63) is 52.1 Å². The second kappa shape index (κ2) is 7.12. The molecule has 0 aliphatic rings. The molecule has 1 aromatic heterocycles. The zero-order valence-corrected chi connectivity index (χ0v) is 14.3. The van der Waals surface area contributed by atoms with Crippen LogP contribution in [0.1, 0.15) is 10.4 Å². The molecule has 0 radical (unpaired) electrons. The third-order valence-electron chi connectivity index (χ3n) is 3.79. The number of aromatic amines is 1. The van der Waals surface area contributed by atoms with E-state index in [1.54, 1.807) is 6.07 Å². The lowest BCUT2D eigenvalue weighted by molar-refractivity contribution is -0.384. The van der Waals surface area contributed by atoms with Gasteiger partial charge in [-0.05, 0) is 18.2 Å². The van der Waals surface area contributed by atoms with Crippen LogP contribution in [0, 0.1) is 10.1 Å². The Kier molecular flexibility index (Phi) is 4.71. The number of rotatable bonds is 5. The Bertz CT molecular complexity index is 1050. The molecular weight excluding hydrogens is 356 g/mol. The van der Waals surface area contributed by atoms with Crippen molar-refractivity contribution in [2.75, 3.05) is 14.2 Å². The van der Waals surface area contributed by atoms with Gasteiger partial charge in [0.2, 0.25) is 5.88 Å². The Morgan fingerprint density at radius 1 is 1.15 bits per heavy atom. The van der Waals surface area contributed by atoms with Gasteiger partial charge in [-0.25, -0.2) is 0 Å². The van der Waals surface area contributed by atoms with Crippen LogP contribution in [0.2, 0.25) is 0 Å². The van der Waals surface area contributed by atoms with Crippen LogP contribution < -0.4 is 9.47 Å². The number of ether oxygens (including phenoxy) is 2. The fourth-order valence-corrected chi connectivity index (χ4v) is 2.45. The minimum Gasteiger partial charge on any atom is -0.497 e. The van der Waals surface area contributed by atoms with E-state index in [0.29, 0.717) is 17.0 Å². The van der Waals surface area contributed by atoms with Gasteiger partial charge in [-0.2, -0.15) is 0 Å². The van der Waals surface area contributed by atoms with Crippen molar-refractivity contribution in [1.82, 2.24) is 4.98 Å². The monoisotopic (exact) mass is 370 g/mol. The molecular formula is C17H14N4O6. The van der Waals surface area contributed by atoms with Crippen molar-refractivity contribution in [2.45, 2.75) is 0 Å². The first-order valence-electron chi connectivity index (χ1n) is 7.61. The Balaban J connectivity index is 1.98. The van der Waals surface area contributed by atoms with Gasteiger partial charge in [0.05, 0.1) is 30.2 Å². The molecule has 2 N–H and O–H groups in total. The zero-order chi connectivity index (χ0) is 19.6. The van der Waals surface area contributed by atoms with E-state index in [4.69, 9.17) is 9.47 Å². The molecule has 1 amide bonds. The van der Waals surface area contributed by atoms with Crippen LogP contribution in [0.15, 0.2) is 46.6 Å². The van der Waals surface area contributed by atoms with Gasteiger partial charge in [0.25, 0.3) is 11.6 Å². The van der Waals surface area contributed by atoms with Gasteiger partial charge >= 0.3 is 0 Å². The van der Waals surface area contributed by atoms with Crippen molar-refractivity contribution in [3.8, 4) is 17.4 Å². The number of carbonyl (C=O) groups excluding carboxylic acids is 1. The number of methoxy groups -OCH3 is 2. The lowest BCUT2D eigenvalue weighted by atomic mass is 10.2. The number of aromatic nitrogens is 1. The molecule has 0 saturated heterocycles. The molecule has 27 heavy (non-hydrogen) atoms. The van der Waals surface area contributed by atoms with Crippen LogP contribution in [0.25, 0.3) is 10.9 Å². The SMILES string of the molecule is COc1cc(OC)cc(C(=O)N=Nc2c(O)[nH]c3ccc([N+](=O)[O-])cc23)c1. The lowest BCUT2D eigenvalue weighted by Gasteiger charge is -2.05. The van der Waals surface area contributed by atoms with E-state index in [1.807, 2.05) is 0 Å². The summed E-state index contributed by atoms with van der Waals surface area (Å²) in [5.74, 6) is -0.256. The van der Waals surface area contributed by atoms with E-state index in [9.17, 15) is 20.0 Å². The second-order valence-electron chi connectivity index (χ2n) is 5.42. The Morgan fingerprint density at radius 3 is 2.41 bits per heavy atom. The summed E-state index contributed by atoms with van der Waals surface area (Å²) >= 11 is 0. The molecule has 0 aliphatic carbocycles. The fourth-order valence-electron chi connectivity index (χ4n) is 2.45. The number of azo groups is 1. The second-order valence-corrected chi connectivity index (χ2v) is 5.42. The number of amides is 1. The molecule has 0 saturated carbocycles. The number of fused-ring (bicyclic) bond motifs is 1. The quantitative estimate of drug-likeness (QED) is 0.398. The molecule has 138 valence electrons. The molecule has 10 nitrogen and oxygen atoms in total. The van der Waals surface area contributed by atoms with E-state index in [-0.39, 0.29) is 28.2 Å². The minimum atomic E-state index is -0.702. The van der Waals surface area contributed by atoms with Crippen molar-refractivity contribution in [2.24, 2.45) is 10.2 Å². The molecule has 2 aromatic carbocycles. The maximum Gasteiger partial charge on any atom is 0.295 e. The number of hydrogen-bond acceptors (Lipinski definition) is 7. The number of carbonyl (C=O) groups is 1. The van der Waals surface area contributed by atoms with Crippen LogP contribution in [-0.4, -0.2) is 35.1 Å². The first kappa shape index (κ1) is 17.9. The standard InChI is InChI=1S/C17H14N4O6/c1-26-11-5-9(6-12(8-11)27-2)16(22)20-19-15-13-7-10(21(24)25)3-4-14(13)18-17(15)23/h3-8,18,23H,1-2H3. The highest BCUT2D eigenvalue weighted by Crippen LogP contribution is 2.37. The lowest BCUT2D eigenvalue weighted by Crippen LogP contribution is -1.96. The smallest absolute Gasteiger partial charge is 0.295 e. The molecule has 0 unspecified atom stereocenters. The third kappa shape index (κ3) is 3.54. The Hall–Kier alpha value is -3.95. The summed E-state index contributed by atoms with van der Waals surface area (Å²) in [4.78, 5) is 25.3. The maximum atomic E-state index is 12.3. The highest BCUT2D eigenvalue weighted by molar-refractivity contribution is 5.98. The van der Waals surface area contributed by atoms with Crippen LogP contribution in [0.5, 0.6) is 17.4 Å². The highest BCUT2D eigenvalue weighted by Gasteiger charge is 2.16. The number of non-ortho nitro benzene ring substituents is 1. The van der Waals surface area contributed by atoms with Gasteiger partial charge in [-0.15, -0.1) is 10.2 Å². The average molecular weight is 370 g/mol. The van der Waals surface area contributed by atoms with Crippen molar-refractivity contribution in [3.63, 3.8) is 0 Å². The van der Waals surface area contributed by atoms with E-state index >= 15 is 0 Å². The van der Waals surface area contributed by atoms with Crippen LogP contribution >= 0.6 is 0 Å². The van der Waals surface area contributed by atoms with Crippen molar-refractivity contribution < 1.29 is 24.3 Å². The van der Waals surface area contributed by atoms with E-state index in [0.717, 1.165) is 0 Å². The summed E-state index contributed by atoms with van der Waals surface area (Å²) in [6, 6.07) is 8.47. The number of nitro groups is 1. The fraction of sp³-hybridized carbons (Fsp3) is 0.118. The number of benzene rings is 2. The van der Waals surface area contributed by atoms with Gasteiger partial charge < -0.3 is 19.6 Å². The highest BCUT2D eigenvalue weighted by atomic mass is 16.6. The number of nitrogens with zero attached hydrogens (tertiary/aromatic N) is 3. The topological polar surface area (TPSA) is 139 Å². The summed E-state index contributed by atoms with van der Waals surface area (Å²) < 4.78 is 10.2. The summed E-state index contributed by atoms with van der Waals surface area (Å²) in [5.41, 5.74) is 0.335. The van der Waals surface area contributed by atoms with Gasteiger partial charge in [0, 0.05) is 23.6 Å². The normalized spacial score (nSPS) is 11.0. The number of aromatic hydroxyl groups is 1. The molecule has 10 heteroatoms. The Morgan fingerprint density at radius 2 is 1.81 bits per heavy atom. The summed E-state index contributed by atoms with van der Waals surface area (Å²) in [7, 11) is 2.89. The van der Waals surface area contributed by atoms with Crippen molar-refractivity contribution in [1.29, 1.82) is 0 Å². The van der Waals surface area contributed by atoms with Gasteiger partial charge in [0.1, 0.15) is 11.5 Å². The average Bonchev–Trinajstić information content (AvgIpc) is 2.99. The third-order valence-corrected chi connectivity index (χ3v) is 3.79. The number of H-pyrrole nitrogens is 1. The molecule has 1 heterocycles. The molecule has 0 atom stereocenters. The van der Waals surface area contributed by atoms with Crippen LogP contribution in [0.3, 0.4) is 0 Å². The minimum absolute atomic E-state index is 0.0723. The predicted molar refractivity (Wildman–Crippen MR) is 95.0 cm³/mol. The number of nitrogens with one attached hydrogen (secondary N) is 1. The largest absolute Gasteiger partial charge is 0.497 e. The van der Waals surface area contributed by atoms with E-state index in [1.165, 1.54) is 44.6 Å². The molecule has 3 rings (SSSR count). The number of hydrogen-bond donors (Lipinski definition) is 2. The zero-order valence-electron chi connectivity index (χ0n) is 14.3. The summed E-state index contributed by atoms with van der Waals surface area (Å²) in [6.07, 6.45) is 0. The van der Waals surface area contributed by atoms with Gasteiger partial charge in [0.15, 0.2) is 5.69 Å². The maximum absolute atomic E-state index is 12.3. The summed E-state index contributed by atoms with van der Waals surface area (Å²) in [6.45, 7) is 0. The summed E-state index contributed by atoms with van der Waals surface area (Å²) in [5, 5.41) is 28.6. The molecule has 0 fully saturated rings. The first-order valence-corrected chi connectivity index (χ1v) is 7.61. The van der Waals surface area contributed by atoms with Crippen molar-refractivity contribution >= 4 is 28.2 Å². The number of nitro benzene ring substituents is 1. The van der Waals surface area contributed by atoms with E-state index < -0.39 is 10.8 Å². The Labute approximate surface area is 152 Å². The predicted octanol–water partition coefficient (Wildman–Crippen LogP) is 3.72.